The summed E-state index contributed by atoms with van der Waals surface area (Å²) in [5.41, 5.74) is 0. The summed E-state index contributed by atoms with van der Waals surface area (Å²) >= 11 is 0. The lowest BCUT2D eigenvalue weighted by molar-refractivity contribution is 0.0878. The van der Waals surface area contributed by atoms with Gasteiger partial charge in [0.1, 0.15) is 11.9 Å². The molecule has 0 fully saturated rings. The van der Waals surface area contributed by atoms with Crippen LogP contribution in [0.2, 0.25) is 0 Å². The van der Waals surface area contributed by atoms with Crippen molar-refractivity contribution in [3.05, 3.63) is 24.2 Å². The highest BCUT2D eigenvalue weighted by Gasteiger charge is 2.16. The number of rotatable bonds is 7. The second kappa shape index (κ2) is 6.03. The molecule has 5 nitrogen and oxygen atoms in total. The highest BCUT2D eigenvalue weighted by molar-refractivity contribution is 7.89. The predicted octanol–water partition coefficient (Wildman–Crippen LogP) is 1.30. The van der Waals surface area contributed by atoms with Crippen molar-refractivity contribution in [2.75, 3.05) is 19.4 Å². The zero-order valence-corrected chi connectivity index (χ0v) is 10.3. The van der Waals surface area contributed by atoms with Gasteiger partial charge in [-0.3, -0.25) is 0 Å². The Labute approximate surface area is 95.8 Å². The normalized spacial score (nSPS) is 13.9. The molecular formula is C10H17NO4S. The molecule has 16 heavy (non-hydrogen) atoms. The monoisotopic (exact) mass is 247 g/mol. The topological polar surface area (TPSA) is 68.5 Å². The summed E-state index contributed by atoms with van der Waals surface area (Å²) in [5.74, 6) is 0.739. The molecule has 0 aromatic carbocycles. The Balaban J connectivity index is 2.53. The van der Waals surface area contributed by atoms with Crippen LogP contribution < -0.4 is 4.72 Å². The Kier molecular flexibility index (Phi) is 4.98. The molecule has 0 aliphatic heterocycles. The molecule has 1 unspecified atom stereocenters. The Bertz CT molecular complexity index is 385. The van der Waals surface area contributed by atoms with E-state index in [2.05, 4.69) is 4.72 Å². The van der Waals surface area contributed by atoms with E-state index in [1.165, 1.54) is 13.4 Å². The second-order valence-electron chi connectivity index (χ2n) is 3.41. The van der Waals surface area contributed by atoms with Crippen LogP contribution in [0.1, 0.15) is 25.2 Å². The quantitative estimate of drug-likeness (QED) is 0.788. The maximum atomic E-state index is 11.4. The van der Waals surface area contributed by atoms with E-state index in [0.29, 0.717) is 12.2 Å². The van der Waals surface area contributed by atoms with Crippen LogP contribution in [0.4, 0.5) is 0 Å². The zero-order chi connectivity index (χ0) is 12.0. The zero-order valence-electron chi connectivity index (χ0n) is 9.47. The molecule has 1 aromatic rings. The maximum Gasteiger partial charge on any atom is 0.211 e. The fourth-order valence-corrected chi connectivity index (χ4v) is 2.41. The first-order chi connectivity index (χ1) is 7.59. The summed E-state index contributed by atoms with van der Waals surface area (Å²) in [5, 5.41) is 0. The van der Waals surface area contributed by atoms with E-state index in [4.69, 9.17) is 9.15 Å². The molecular weight excluding hydrogens is 230 g/mol. The van der Waals surface area contributed by atoms with E-state index in [1.54, 1.807) is 12.1 Å². The minimum absolute atomic E-state index is 0.127. The lowest BCUT2D eigenvalue weighted by atomic mass is 10.3. The third kappa shape index (κ3) is 3.96. The van der Waals surface area contributed by atoms with E-state index < -0.39 is 10.0 Å². The van der Waals surface area contributed by atoms with Gasteiger partial charge in [0.05, 0.1) is 12.0 Å². The molecule has 0 spiro atoms. The molecule has 1 N–H and O–H groups in total. The third-order valence-electron chi connectivity index (χ3n) is 2.11. The van der Waals surface area contributed by atoms with Gasteiger partial charge in [-0.1, -0.05) is 6.92 Å². The van der Waals surface area contributed by atoms with Crippen molar-refractivity contribution in [1.29, 1.82) is 0 Å². The van der Waals surface area contributed by atoms with Crippen LogP contribution in [-0.2, 0) is 14.8 Å². The van der Waals surface area contributed by atoms with Crippen LogP contribution in [-0.4, -0.2) is 27.8 Å². The molecule has 0 saturated heterocycles. The van der Waals surface area contributed by atoms with Crippen LogP contribution in [0.15, 0.2) is 22.8 Å². The van der Waals surface area contributed by atoms with Gasteiger partial charge >= 0.3 is 0 Å². The standard InChI is InChI=1S/C10H17NO4S/c1-3-7-16(12,13)11-8-10(14-2)9-5-4-6-15-9/h4-6,10-11H,3,7-8H2,1-2H3. The summed E-state index contributed by atoms with van der Waals surface area (Å²) in [6, 6.07) is 3.49. The molecule has 0 saturated carbocycles. The Morgan fingerprint density at radius 3 is 2.81 bits per heavy atom. The smallest absolute Gasteiger partial charge is 0.211 e. The molecule has 1 aromatic heterocycles. The minimum Gasteiger partial charge on any atom is -0.467 e. The first kappa shape index (κ1) is 13.2. The van der Waals surface area contributed by atoms with Crippen LogP contribution in [0.5, 0.6) is 0 Å². The van der Waals surface area contributed by atoms with E-state index in [0.717, 1.165) is 0 Å². The summed E-state index contributed by atoms with van der Waals surface area (Å²) in [6.07, 6.45) is 1.73. The Morgan fingerprint density at radius 1 is 1.56 bits per heavy atom. The van der Waals surface area contributed by atoms with Crippen molar-refractivity contribution in [3.8, 4) is 0 Å². The lowest BCUT2D eigenvalue weighted by Gasteiger charge is -2.13. The van der Waals surface area contributed by atoms with Crippen molar-refractivity contribution in [1.82, 2.24) is 4.72 Å². The number of ether oxygens (including phenoxy) is 1. The van der Waals surface area contributed by atoms with Gasteiger partial charge in [-0.25, -0.2) is 13.1 Å². The van der Waals surface area contributed by atoms with E-state index in [9.17, 15) is 8.42 Å². The number of sulfonamides is 1. The number of hydrogen-bond acceptors (Lipinski definition) is 4. The average Bonchev–Trinajstić information content (AvgIpc) is 2.72. The van der Waals surface area contributed by atoms with Gasteiger partial charge in [0.15, 0.2) is 0 Å². The maximum absolute atomic E-state index is 11.4. The van der Waals surface area contributed by atoms with Gasteiger partial charge in [-0.15, -0.1) is 0 Å². The van der Waals surface area contributed by atoms with Gasteiger partial charge in [0.25, 0.3) is 0 Å². The van der Waals surface area contributed by atoms with Crippen molar-refractivity contribution < 1.29 is 17.6 Å². The summed E-state index contributed by atoms with van der Waals surface area (Å²) in [7, 11) is -1.68. The summed E-state index contributed by atoms with van der Waals surface area (Å²) < 4.78 is 35.6. The van der Waals surface area contributed by atoms with Crippen LogP contribution in [0.3, 0.4) is 0 Å². The molecule has 0 amide bonds. The molecule has 1 atom stereocenters. The molecule has 1 rings (SSSR count). The van der Waals surface area contributed by atoms with E-state index >= 15 is 0 Å². The van der Waals surface area contributed by atoms with Crippen molar-refractivity contribution in [2.45, 2.75) is 19.4 Å². The second-order valence-corrected chi connectivity index (χ2v) is 5.33. The fourth-order valence-electron chi connectivity index (χ4n) is 1.32. The molecule has 1 heterocycles. The lowest BCUT2D eigenvalue weighted by Crippen LogP contribution is -2.30. The number of furan rings is 1. The summed E-state index contributed by atoms with van der Waals surface area (Å²) in [4.78, 5) is 0. The van der Waals surface area contributed by atoms with Crippen LogP contribution in [0.25, 0.3) is 0 Å². The van der Waals surface area contributed by atoms with Crippen molar-refractivity contribution >= 4 is 10.0 Å². The first-order valence-corrected chi connectivity index (χ1v) is 6.78. The summed E-state index contributed by atoms with van der Waals surface area (Å²) in [6.45, 7) is 2.01. The largest absolute Gasteiger partial charge is 0.467 e. The molecule has 92 valence electrons. The first-order valence-electron chi connectivity index (χ1n) is 5.12. The van der Waals surface area contributed by atoms with Gasteiger partial charge in [0.2, 0.25) is 10.0 Å². The average molecular weight is 247 g/mol. The predicted molar refractivity (Wildman–Crippen MR) is 60.5 cm³/mol. The van der Waals surface area contributed by atoms with E-state index in [-0.39, 0.29) is 18.4 Å². The molecule has 0 radical (unpaired) electrons. The van der Waals surface area contributed by atoms with Crippen molar-refractivity contribution in [3.63, 3.8) is 0 Å². The number of nitrogens with one attached hydrogen (secondary N) is 1. The molecule has 0 aliphatic rings. The Morgan fingerprint density at radius 2 is 2.31 bits per heavy atom. The molecule has 0 bridgehead atoms. The third-order valence-corrected chi connectivity index (χ3v) is 3.66. The van der Waals surface area contributed by atoms with Crippen LogP contribution >= 0.6 is 0 Å². The van der Waals surface area contributed by atoms with Gasteiger partial charge in [-0.05, 0) is 18.6 Å². The SMILES string of the molecule is CCCS(=O)(=O)NCC(OC)c1ccco1. The number of methoxy groups -OCH3 is 1. The number of hydrogen-bond donors (Lipinski definition) is 1. The fraction of sp³-hybridized carbons (Fsp3) is 0.600. The van der Waals surface area contributed by atoms with Crippen molar-refractivity contribution in [2.24, 2.45) is 0 Å². The molecule has 6 heteroatoms. The van der Waals surface area contributed by atoms with E-state index in [1.807, 2.05) is 6.92 Å². The van der Waals surface area contributed by atoms with Gasteiger partial charge in [0, 0.05) is 13.7 Å². The molecule has 0 aliphatic carbocycles. The van der Waals surface area contributed by atoms with Crippen LogP contribution in [0, 0.1) is 0 Å². The van der Waals surface area contributed by atoms with Gasteiger partial charge < -0.3 is 9.15 Å². The highest BCUT2D eigenvalue weighted by Crippen LogP contribution is 2.16. The Hall–Kier alpha value is -0.850. The highest BCUT2D eigenvalue weighted by atomic mass is 32.2. The van der Waals surface area contributed by atoms with Gasteiger partial charge in [-0.2, -0.15) is 0 Å². The minimum atomic E-state index is -3.20.